The van der Waals surface area contributed by atoms with Crippen molar-refractivity contribution in [3.63, 3.8) is 0 Å². The molecular weight excluding hydrogens is 1130 g/mol. The summed E-state index contributed by atoms with van der Waals surface area (Å²) in [6, 6.07) is 53.0. The highest BCUT2D eigenvalue weighted by Gasteiger charge is 2.51. The number of ether oxygens (including phenoxy) is 4. The van der Waals surface area contributed by atoms with Crippen LogP contribution in [0.5, 0.6) is 34.5 Å². The third kappa shape index (κ3) is 14.8. The van der Waals surface area contributed by atoms with Gasteiger partial charge in [0.05, 0.1) is 34.1 Å². The predicted molar refractivity (Wildman–Crippen MR) is 350 cm³/mol. The second kappa shape index (κ2) is 27.3. The molecule has 0 bridgehead atoms. The standard InChI is InChI=1S/C26H28N6O3.C21H20N6O.C18H21BO3.2CH4.ClH/c1-26(2,3)35-25(33)30-17-13-18(14-17)32-24-21(23(27)28-15-29-24)22(31-32)16-9-11-20(12-10-16)34-19-7-5-4-6-8-19;22-14-10-15(11-14)27-21-18(20(23)24-12-25-21)19(26-27)13-6-8-17(9-7-13)28-16-4-2-1-3-5-16;1-17(2)18(3,4)22-19(21-17)14-10-12-16(13-11-14)20-15-8-6-5-7-9-15;;;/h4-12,15,17-18H,13-14H2,1-3H3,(H,30,33)(H2,27,28,29);1-9,12,14-15H,10-11,22H2,(H2,23,24,25);5-13H,1-4H3;2*1H4;1H. The highest BCUT2D eigenvalue weighted by molar-refractivity contribution is 6.62. The van der Waals surface area contributed by atoms with Crippen molar-refractivity contribution < 1.29 is 33.1 Å². The molecule has 13 rings (SSSR count). The number of nitrogens with one attached hydrogen (secondary N) is 1. The molecule has 0 spiro atoms. The first-order valence-corrected chi connectivity index (χ1v) is 28.4. The smallest absolute Gasteiger partial charge is 0.457 e. The summed E-state index contributed by atoms with van der Waals surface area (Å²) in [6.45, 7) is 13.8. The third-order valence-electron chi connectivity index (χ3n) is 15.3. The molecule has 4 aromatic heterocycles. The SMILES string of the molecule is C.C.CC(C)(C)OC(=O)NC1CC(n2nc(-c3ccc(Oc4ccccc4)cc3)c3c(N)ncnc32)C1.CC1(C)OB(c2ccc(Oc3ccccc3)cc2)OC1(C)C.Cl.Nc1ncnc2c1c(-c1ccc(Oc3ccccc3)cc1)nn2C1CC(N)C1. The lowest BCUT2D eigenvalue weighted by Gasteiger charge is -2.36. The summed E-state index contributed by atoms with van der Waals surface area (Å²) in [5.41, 5.74) is 23.0. The Morgan fingerprint density at radius 1 is 0.545 bits per heavy atom. The number of hydrogen-bond donors (Lipinski definition) is 4. The lowest BCUT2D eigenvalue weighted by atomic mass is 9.79. The highest BCUT2D eigenvalue weighted by atomic mass is 35.5. The number of para-hydroxylation sites is 3. The van der Waals surface area contributed by atoms with Gasteiger partial charge in [0.1, 0.15) is 75.8 Å². The minimum atomic E-state index is -0.531. The quantitative estimate of drug-likeness (QED) is 0.0830. The molecule has 1 aliphatic heterocycles. The van der Waals surface area contributed by atoms with Crippen LogP contribution in [0.3, 0.4) is 0 Å². The van der Waals surface area contributed by atoms with Crippen LogP contribution in [-0.4, -0.2) is 81.6 Å². The Hall–Kier alpha value is -9.08. The molecule has 5 heterocycles. The average molecular weight is 1210 g/mol. The molecule has 1 amide bonds. The number of carbonyl (C=O) groups is 1. The van der Waals surface area contributed by atoms with E-state index in [1.54, 1.807) is 0 Å². The normalized spacial score (nSPS) is 17.8. The molecule has 0 atom stereocenters. The topological polar surface area (TPSA) is 250 Å². The van der Waals surface area contributed by atoms with E-state index in [2.05, 4.69) is 52.9 Å². The lowest BCUT2D eigenvalue weighted by Crippen LogP contribution is -2.46. The average Bonchev–Trinajstić information content (AvgIpc) is 2.09. The Morgan fingerprint density at radius 3 is 1.26 bits per heavy atom. The van der Waals surface area contributed by atoms with E-state index in [1.807, 2.05) is 194 Å². The van der Waals surface area contributed by atoms with E-state index in [0.717, 1.165) is 93.5 Å². The first-order chi connectivity index (χ1) is 40.8. The number of anilines is 2. The van der Waals surface area contributed by atoms with Crippen LogP contribution in [0.2, 0.25) is 0 Å². The maximum absolute atomic E-state index is 12.1. The van der Waals surface area contributed by atoms with Gasteiger partial charge in [-0.25, -0.2) is 34.1 Å². The minimum absolute atomic E-state index is 0. The molecule has 2 aliphatic carbocycles. The summed E-state index contributed by atoms with van der Waals surface area (Å²) in [5, 5.41) is 14.1. The largest absolute Gasteiger partial charge is 0.494 e. The number of fused-ring (bicyclic) bond motifs is 2. The van der Waals surface area contributed by atoms with E-state index in [0.29, 0.717) is 28.4 Å². The summed E-state index contributed by atoms with van der Waals surface area (Å²) in [7, 11) is -0.337. The van der Waals surface area contributed by atoms with Gasteiger partial charge in [0.15, 0.2) is 11.3 Å². The van der Waals surface area contributed by atoms with Crippen LogP contribution in [0.25, 0.3) is 44.6 Å². The molecule has 2 saturated carbocycles. The molecule has 88 heavy (non-hydrogen) atoms. The van der Waals surface area contributed by atoms with Crippen molar-refractivity contribution in [3.8, 4) is 57.0 Å². The fourth-order valence-electron chi connectivity index (χ4n) is 10.0. The van der Waals surface area contributed by atoms with Crippen LogP contribution in [-0.2, 0) is 14.0 Å². The third-order valence-corrected chi connectivity index (χ3v) is 15.3. The maximum atomic E-state index is 12.1. The van der Waals surface area contributed by atoms with Gasteiger partial charge >= 0.3 is 13.2 Å². The summed E-state index contributed by atoms with van der Waals surface area (Å²) in [4.78, 5) is 29.3. The first kappa shape index (κ1) is 64.9. The number of nitrogens with zero attached hydrogens (tertiary/aromatic N) is 8. The van der Waals surface area contributed by atoms with Gasteiger partial charge < -0.3 is 50.8 Å². The van der Waals surface area contributed by atoms with E-state index in [4.69, 9.17) is 55.7 Å². The van der Waals surface area contributed by atoms with Gasteiger partial charge in [-0.2, -0.15) is 10.2 Å². The van der Waals surface area contributed by atoms with Crippen molar-refractivity contribution >= 4 is 64.8 Å². The fraction of sp³-hybridized carbons (Fsp3) is 0.299. The van der Waals surface area contributed by atoms with E-state index in [-0.39, 0.29) is 69.7 Å². The molecule has 1 saturated heterocycles. The highest BCUT2D eigenvalue weighted by Crippen LogP contribution is 2.41. The zero-order valence-corrected chi connectivity index (χ0v) is 49.9. The van der Waals surface area contributed by atoms with Crippen molar-refractivity contribution in [2.75, 3.05) is 11.5 Å². The number of benzene rings is 6. The number of halogens is 1. The molecule has 3 fully saturated rings. The van der Waals surface area contributed by atoms with Crippen molar-refractivity contribution in [1.29, 1.82) is 0 Å². The first-order valence-electron chi connectivity index (χ1n) is 28.4. The zero-order valence-electron chi connectivity index (χ0n) is 49.0. The number of amides is 1. The molecule has 3 aliphatic rings. The Bertz CT molecular complexity index is 3880. The van der Waals surface area contributed by atoms with Crippen molar-refractivity contribution in [1.82, 2.24) is 44.8 Å². The van der Waals surface area contributed by atoms with E-state index in [9.17, 15) is 4.79 Å². The van der Waals surface area contributed by atoms with Gasteiger partial charge in [-0.1, -0.05) is 81.6 Å². The summed E-state index contributed by atoms with van der Waals surface area (Å²) < 4.78 is 38.9. The van der Waals surface area contributed by atoms with Crippen LogP contribution in [0, 0.1) is 0 Å². The summed E-state index contributed by atoms with van der Waals surface area (Å²) >= 11 is 0. The second-order valence-corrected chi connectivity index (χ2v) is 23.3. The Balaban J connectivity index is 0.000000172. The van der Waals surface area contributed by atoms with Gasteiger partial charge in [0, 0.05) is 23.2 Å². The number of hydrogen-bond acceptors (Lipinski definition) is 16. The molecule has 0 radical (unpaired) electrons. The number of nitrogen functional groups attached to an aromatic ring is 2. The number of nitrogens with two attached hydrogens (primary N) is 3. The van der Waals surface area contributed by atoms with Crippen LogP contribution in [0.15, 0.2) is 176 Å². The number of aromatic nitrogens is 8. The van der Waals surface area contributed by atoms with Gasteiger partial charge in [0.2, 0.25) is 0 Å². The second-order valence-electron chi connectivity index (χ2n) is 23.3. The van der Waals surface area contributed by atoms with Gasteiger partial charge in [-0.3, -0.25) is 0 Å². The zero-order chi connectivity index (χ0) is 59.5. The number of alkyl carbamates (subject to hydrolysis) is 1. The van der Waals surface area contributed by atoms with Crippen LogP contribution >= 0.6 is 12.4 Å². The maximum Gasteiger partial charge on any atom is 0.494 e. The molecule has 19 nitrogen and oxygen atoms in total. The van der Waals surface area contributed by atoms with Crippen LogP contribution < -0.4 is 42.2 Å². The van der Waals surface area contributed by atoms with Crippen molar-refractivity contribution in [2.45, 2.75) is 130 Å². The van der Waals surface area contributed by atoms with E-state index >= 15 is 0 Å². The molecule has 10 aromatic rings. The lowest BCUT2D eigenvalue weighted by molar-refractivity contribution is 0.00578. The summed E-state index contributed by atoms with van der Waals surface area (Å²) in [5.74, 6) is 5.48. The van der Waals surface area contributed by atoms with Gasteiger partial charge in [-0.15, -0.1) is 12.4 Å². The van der Waals surface area contributed by atoms with E-state index < -0.39 is 11.7 Å². The Morgan fingerprint density at radius 2 is 0.898 bits per heavy atom. The molecule has 21 heteroatoms. The minimum Gasteiger partial charge on any atom is -0.457 e. The molecule has 7 N–H and O–H groups in total. The fourth-order valence-corrected chi connectivity index (χ4v) is 10.0. The van der Waals surface area contributed by atoms with Crippen molar-refractivity contribution in [3.05, 3.63) is 176 Å². The van der Waals surface area contributed by atoms with Crippen molar-refractivity contribution in [2.24, 2.45) is 5.73 Å². The number of rotatable bonds is 12. The predicted octanol–water partition coefficient (Wildman–Crippen LogP) is 14.1. The Kier molecular flexibility index (Phi) is 20.1. The Labute approximate surface area is 520 Å². The molecule has 0 unspecified atom stereocenters. The molecule has 6 aromatic carbocycles. The van der Waals surface area contributed by atoms with E-state index in [1.165, 1.54) is 12.7 Å². The monoisotopic (exact) mass is 1210 g/mol. The van der Waals surface area contributed by atoms with Gasteiger partial charge in [-0.05, 0) is 177 Å². The molecular formula is C67H78BClN12O7. The van der Waals surface area contributed by atoms with Gasteiger partial charge in [0.25, 0.3) is 0 Å². The summed E-state index contributed by atoms with van der Waals surface area (Å²) in [6.07, 6.45) is 5.76. The molecule has 458 valence electrons. The van der Waals surface area contributed by atoms with Crippen LogP contribution in [0.4, 0.5) is 16.4 Å². The number of carbonyl (C=O) groups excluding carboxylic acids is 1. The van der Waals surface area contributed by atoms with Crippen LogP contribution in [0.1, 0.15) is 101 Å².